The second-order valence-electron chi connectivity index (χ2n) is 5.44. The van der Waals surface area contributed by atoms with Gasteiger partial charge in [0.25, 0.3) is 5.91 Å². The summed E-state index contributed by atoms with van der Waals surface area (Å²) in [4.78, 5) is 14.4. The normalized spacial score (nSPS) is 23.2. The van der Waals surface area contributed by atoms with Crippen molar-refractivity contribution in [2.45, 2.75) is 44.7 Å². The maximum Gasteiger partial charge on any atom is 0.254 e. The Bertz CT molecular complexity index is 467. The van der Waals surface area contributed by atoms with Crippen molar-refractivity contribution in [1.29, 1.82) is 0 Å². The van der Waals surface area contributed by atoms with Gasteiger partial charge in [0.1, 0.15) is 0 Å². The van der Waals surface area contributed by atoms with Crippen LogP contribution >= 0.6 is 15.9 Å². The predicted molar refractivity (Wildman–Crippen MR) is 81.2 cm³/mol. The first-order valence-electron chi connectivity index (χ1n) is 6.78. The third kappa shape index (κ3) is 3.37. The molecule has 0 heterocycles. The maximum absolute atomic E-state index is 12.5. The number of halogens is 1. The Labute approximate surface area is 123 Å². The fraction of sp³-hybridized carbons (Fsp3) is 0.533. The van der Waals surface area contributed by atoms with Crippen LogP contribution in [0.1, 0.15) is 41.6 Å². The minimum atomic E-state index is 0.116. The van der Waals surface area contributed by atoms with Gasteiger partial charge >= 0.3 is 0 Å². The van der Waals surface area contributed by atoms with Gasteiger partial charge in [-0.15, -0.1) is 0 Å². The van der Waals surface area contributed by atoms with Crippen molar-refractivity contribution in [3.05, 3.63) is 33.8 Å². The molecule has 19 heavy (non-hydrogen) atoms. The Morgan fingerprint density at radius 1 is 1.32 bits per heavy atom. The van der Waals surface area contributed by atoms with E-state index in [1.54, 1.807) is 0 Å². The molecule has 2 rings (SSSR count). The second kappa shape index (κ2) is 6.06. The summed E-state index contributed by atoms with van der Waals surface area (Å²) >= 11 is 3.43. The van der Waals surface area contributed by atoms with Crippen molar-refractivity contribution < 1.29 is 4.79 Å². The molecule has 0 aliphatic heterocycles. The van der Waals surface area contributed by atoms with Crippen LogP contribution in [0.4, 0.5) is 0 Å². The zero-order valence-corrected chi connectivity index (χ0v) is 13.1. The first kappa shape index (κ1) is 14.5. The molecule has 0 atom stereocenters. The molecule has 3 nitrogen and oxygen atoms in total. The number of nitrogens with zero attached hydrogens (tertiary/aromatic N) is 1. The smallest absolute Gasteiger partial charge is 0.254 e. The van der Waals surface area contributed by atoms with Gasteiger partial charge in [0.15, 0.2) is 0 Å². The SMILES string of the molecule is Cc1cc(Br)ccc1C(=O)N(C)C1CCC(N)CC1. The molecule has 0 unspecified atom stereocenters. The van der Waals surface area contributed by atoms with Crippen LogP contribution in [0, 0.1) is 6.92 Å². The zero-order chi connectivity index (χ0) is 14.0. The van der Waals surface area contributed by atoms with Gasteiger partial charge in [0.2, 0.25) is 0 Å². The highest BCUT2D eigenvalue weighted by Crippen LogP contribution is 2.24. The topological polar surface area (TPSA) is 46.3 Å². The molecule has 104 valence electrons. The van der Waals surface area contributed by atoms with Crippen LogP contribution in [0.5, 0.6) is 0 Å². The third-order valence-corrected chi connectivity index (χ3v) is 4.52. The second-order valence-corrected chi connectivity index (χ2v) is 6.36. The van der Waals surface area contributed by atoms with E-state index in [2.05, 4.69) is 15.9 Å². The lowest BCUT2D eigenvalue weighted by molar-refractivity contribution is 0.0689. The molecular weight excluding hydrogens is 304 g/mol. The van der Waals surface area contributed by atoms with E-state index < -0.39 is 0 Å². The molecule has 0 spiro atoms. The van der Waals surface area contributed by atoms with E-state index in [4.69, 9.17) is 5.73 Å². The number of hydrogen-bond donors (Lipinski definition) is 1. The summed E-state index contributed by atoms with van der Waals surface area (Å²) in [6.45, 7) is 1.97. The molecule has 1 aromatic carbocycles. The molecule has 1 fully saturated rings. The van der Waals surface area contributed by atoms with Crippen LogP contribution in [0.25, 0.3) is 0 Å². The van der Waals surface area contributed by atoms with Crippen LogP contribution in [0.3, 0.4) is 0 Å². The van der Waals surface area contributed by atoms with Gasteiger partial charge in [-0.05, 0) is 56.4 Å². The lowest BCUT2D eigenvalue weighted by Crippen LogP contribution is -2.42. The highest BCUT2D eigenvalue weighted by molar-refractivity contribution is 9.10. The van der Waals surface area contributed by atoms with Crippen molar-refractivity contribution in [3.63, 3.8) is 0 Å². The van der Waals surface area contributed by atoms with Crippen LogP contribution in [-0.2, 0) is 0 Å². The molecule has 0 radical (unpaired) electrons. The summed E-state index contributed by atoms with van der Waals surface area (Å²) < 4.78 is 1.01. The fourth-order valence-electron chi connectivity index (χ4n) is 2.71. The van der Waals surface area contributed by atoms with Crippen molar-refractivity contribution in [2.24, 2.45) is 5.73 Å². The molecule has 2 N–H and O–H groups in total. The Morgan fingerprint density at radius 2 is 1.95 bits per heavy atom. The molecule has 1 aliphatic carbocycles. The maximum atomic E-state index is 12.5. The average molecular weight is 325 g/mol. The minimum Gasteiger partial charge on any atom is -0.339 e. The van der Waals surface area contributed by atoms with Crippen LogP contribution < -0.4 is 5.73 Å². The van der Waals surface area contributed by atoms with Crippen LogP contribution in [0.15, 0.2) is 22.7 Å². The zero-order valence-electron chi connectivity index (χ0n) is 11.5. The lowest BCUT2D eigenvalue weighted by Gasteiger charge is -2.33. The standard InChI is InChI=1S/C15H21BrN2O/c1-10-9-11(16)3-8-14(10)15(19)18(2)13-6-4-12(17)5-7-13/h3,8-9,12-13H,4-7,17H2,1-2H3. The number of benzene rings is 1. The quantitative estimate of drug-likeness (QED) is 0.908. The van der Waals surface area contributed by atoms with Crippen LogP contribution in [-0.4, -0.2) is 29.9 Å². The summed E-state index contributed by atoms with van der Waals surface area (Å²) in [7, 11) is 1.91. The van der Waals surface area contributed by atoms with Gasteiger partial charge in [-0.1, -0.05) is 15.9 Å². The molecule has 4 heteroatoms. The third-order valence-electron chi connectivity index (χ3n) is 4.03. The molecule has 1 saturated carbocycles. The first-order chi connectivity index (χ1) is 8.99. The van der Waals surface area contributed by atoms with Crippen molar-refractivity contribution in [1.82, 2.24) is 4.90 Å². The van der Waals surface area contributed by atoms with E-state index in [0.29, 0.717) is 12.1 Å². The summed E-state index contributed by atoms with van der Waals surface area (Å²) in [5.41, 5.74) is 7.72. The van der Waals surface area contributed by atoms with Crippen molar-refractivity contribution in [2.75, 3.05) is 7.05 Å². The van der Waals surface area contributed by atoms with Gasteiger partial charge in [0, 0.05) is 29.2 Å². The van der Waals surface area contributed by atoms with Crippen molar-refractivity contribution >= 4 is 21.8 Å². The highest BCUT2D eigenvalue weighted by atomic mass is 79.9. The largest absolute Gasteiger partial charge is 0.339 e. The number of rotatable bonds is 2. The van der Waals surface area contributed by atoms with E-state index in [0.717, 1.165) is 41.3 Å². The van der Waals surface area contributed by atoms with Crippen LogP contribution in [0.2, 0.25) is 0 Å². The Morgan fingerprint density at radius 3 is 2.53 bits per heavy atom. The molecule has 1 aliphatic rings. The lowest BCUT2D eigenvalue weighted by atomic mass is 9.90. The Balaban J connectivity index is 2.10. The summed E-state index contributed by atoms with van der Waals surface area (Å²) in [6.07, 6.45) is 4.06. The van der Waals surface area contributed by atoms with E-state index in [1.807, 2.05) is 37.1 Å². The summed E-state index contributed by atoms with van der Waals surface area (Å²) in [5, 5.41) is 0. The predicted octanol–water partition coefficient (Wildman–Crippen LogP) is 3.10. The molecule has 0 saturated heterocycles. The van der Waals surface area contributed by atoms with E-state index in [9.17, 15) is 4.79 Å². The number of amides is 1. The van der Waals surface area contributed by atoms with Gasteiger partial charge in [-0.3, -0.25) is 4.79 Å². The van der Waals surface area contributed by atoms with E-state index in [1.165, 1.54) is 0 Å². The highest BCUT2D eigenvalue weighted by Gasteiger charge is 2.26. The fourth-order valence-corrected chi connectivity index (χ4v) is 3.19. The monoisotopic (exact) mass is 324 g/mol. The number of hydrogen-bond acceptors (Lipinski definition) is 2. The van der Waals surface area contributed by atoms with E-state index >= 15 is 0 Å². The molecular formula is C15H21BrN2O. The minimum absolute atomic E-state index is 0.116. The number of carbonyl (C=O) groups excluding carboxylic acids is 1. The Hall–Kier alpha value is -0.870. The van der Waals surface area contributed by atoms with Gasteiger partial charge < -0.3 is 10.6 Å². The average Bonchev–Trinajstić information content (AvgIpc) is 2.38. The number of aryl methyl sites for hydroxylation is 1. The number of carbonyl (C=O) groups is 1. The van der Waals surface area contributed by atoms with Gasteiger partial charge in [0.05, 0.1) is 0 Å². The molecule has 0 aromatic heterocycles. The number of nitrogens with two attached hydrogens (primary N) is 1. The molecule has 1 amide bonds. The summed E-state index contributed by atoms with van der Waals surface area (Å²) in [5.74, 6) is 0.116. The molecule has 0 bridgehead atoms. The molecule has 1 aromatic rings. The van der Waals surface area contributed by atoms with Crippen molar-refractivity contribution in [3.8, 4) is 0 Å². The van der Waals surface area contributed by atoms with E-state index in [-0.39, 0.29) is 5.91 Å². The Kier molecular flexibility index (Phi) is 4.63. The summed E-state index contributed by atoms with van der Waals surface area (Å²) in [6, 6.07) is 6.44. The van der Waals surface area contributed by atoms with Gasteiger partial charge in [-0.25, -0.2) is 0 Å². The van der Waals surface area contributed by atoms with Gasteiger partial charge in [-0.2, -0.15) is 0 Å². The first-order valence-corrected chi connectivity index (χ1v) is 7.57.